The van der Waals surface area contributed by atoms with E-state index in [-0.39, 0.29) is 0 Å². The third-order valence-corrected chi connectivity index (χ3v) is 3.89. The molecule has 1 aliphatic rings. The van der Waals surface area contributed by atoms with E-state index in [1.165, 1.54) is 7.11 Å². The zero-order chi connectivity index (χ0) is 15.7. The smallest absolute Gasteiger partial charge is 0.340 e. The van der Waals surface area contributed by atoms with E-state index in [4.69, 9.17) is 4.74 Å². The Morgan fingerprint density at radius 2 is 2.18 bits per heavy atom. The molecule has 0 saturated carbocycles. The van der Waals surface area contributed by atoms with Gasteiger partial charge in [0.15, 0.2) is 5.69 Å². The van der Waals surface area contributed by atoms with E-state index in [0.29, 0.717) is 23.5 Å². The molecule has 2 heterocycles. The number of likely N-dealkylation sites (N-methyl/N-ethyl adjacent to an activating group) is 1. The number of ether oxygens (including phenoxy) is 1. The molecule has 6 nitrogen and oxygen atoms in total. The fraction of sp³-hybridized carbons (Fsp3) is 0.312. The van der Waals surface area contributed by atoms with Gasteiger partial charge in [0.05, 0.1) is 24.1 Å². The first-order valence-corrected chi connectivity index (χ1v) is 7.03. The standard InChI is InChI=1S/C16H16N4O2/c1-19-8-7-15-12(10-19)13(9-17)18-20(15)14-6-4-3-5-11(14)16(21)22-2/h3-6H,7-8,10H2,1-2H3. The number of rotatable bonds is 2. The van der Waals surface area contributed by atoms with Gasteiger partial charge in [-0.1, -0.05) is 12.1 Å². The summed E-state index contributed by atoms with van der Waals surface area (Å²) in [4.78, 5) is 14.1. The average molecular weight is 296 g/mol. The normalized spacial score (nSPS) is 14.2. The van der Waals surface area contributed by atoms with Crippen molar-refractivity contribution in [2.24, 2.45) is 0 Å². The lowest BCUT2D eigenvalue weighted by Gasteiger charge is -2.23. The summed E-state index contributed by atoms with van der Waals surface area (Å²) < 4.78 is 6.55. The van der Waals surface area contributed by atoms with Crippen LogP contribution in [0.25, 0.3) is 5.69 Å². The number of benzene rings is 1. The van der Waals surface area contributed by atoms with Crippen LogP contribution >= 0.6 is 0 Å². The van der Waals surface area contributed by atoms with Crippen molar-refractivity contribution in [2.75, 3.05) is 20.7 Å². The molecule has 0 N–H and O–H groups in total. The van der Waals surface area contributed by atoms with Gasteiger partial charge in [-0.25, -0.2) is 9.48 Å². The average Bonchev–Trinajstić information content (AvgIpc) is 2.91. The van der Waals surface area contributed by atoms with E-state index in [9.17, 15) is 10.1 Å². The molecule has 0 aliphatic carbocycles. The van der Waals surface area contributed by atoms with Crippen LogP contribution in [0.15, 0.2) is 24.3 Å². The highest BCUT2D eigenvalue weighted by atomic mass is 16.5. The number of hydrogen-bond acceptors (Lipinski definition) is 5. The summed E-state index contributed by atoms with van der Waals surface area (Å²) in [7, 11) is 3.37. The van der Waals surface area contributed by atoms with E-state index >= 15 is 0 Å². The predicted octanol–water partition coefficient (Wildman–Crippen LogP) is 1.52. The number of aromatic nitrogens is 2. The number of fused-ring (bicyclic) bond motifs is 1. The minimum absolute atomic E-state index is 0.411. The van der Waals surface area contributed by atoms with Crippen LogP contribution in [0.3, 0.4) is 0 Å². The first-order chi connectivity index (χ1) is 10.7. The maximum atomic E-state index is 12.0. The molecule has 6 heteroatoms. The molecule has 3 rings (SSSR count). The Balaban J connectivity index is 2.19. The number of methoxy groups -OCH3 is 1. The quantitative estimate of drug-likeness (QED) is 0.786. The highest BCUT2D eigenvalue weighted by Gasteiger charge is 2.25. The topological polar surface area (TPSA) is 71.1 Å². The molecule has 1 aromatic heterocycles. The second-order valence-electron chi connectivity index (χ2n) is 5.29. The van der Waals surface area contributed by atoms with Crippen LogP contribution in [-0.4, -0.2) is 41.4 Å². The summed E-state index contributed by atoms with van der Waals surface area (Å²) in [5, 5.41) is 13.7. The molecule has 0 radical (unpaired) electrons. The minimum atomic E-state index is -0.411. The monoisotopic (exact) mass is 296 g/mol. The lowest BCUT2D eigenvalue weighted by molar-refractivity contribution is 0.0600. The van der Waals surface area contributed by atoms with Crippen LogP contribution in [0, 0.1) is 11.3 Å². The van der Waals surface area contributed by atoms with E-state index in [0.717, 1.165) is 24.2 Å². The van der Waals surface area contributed by atoms with Crippen molar-refractivity contribution in [3.8, 4) is 11.8 Å². The third-order valence-electron chi connectivity index (χ3n) is 3.89. The largest absolute Gasteiger partial charge is 0.465 e. The van der Waals surface area contributed by atoms with Gasteiger partial charge in [0.25, 0.3) is 0 Å². The Hall–Kier alpha value is -2.65. The molecule has 0 spiro atoms. The van der Waals surface area contributed by atoms with Crippen LogP contribution < -0.4 is 0 Å². The van der Waals surface area contributed by atoms with Crippen LogP contribution in [0.4, 0.5) is 0 Å². The molecule has 0 unspecified atom stereocenters. The van der Waals surface area contributed by atoms with Crippen LogP contribution in [0.2, 0.25) is 0 Å². The molecule has 112 valence electrons. The van der Waals surface area contributed by atoms with Gasteiger partial charge in [0.2, 0.25) is 0 Å². The van der Waals surface area contributed by atoms with Crippen molar-refractivity contribution in [1.82, 2.24) is 14.7 Å². The van der Waals surface area contributed by atoms with E-state index in [1.54, 1.807) is 16.8 Å². The van der Waals surface area contributed by atoms with Crippen molar-refractivity contribution in [1.29, 1.82) is 5.26 Å². The summed E-state index contributed by atoms with van der Waals surface area (Å²) in [6.45, 7) is 1.59. The summed E-state index contributed by atoms with van der Waals surface area (Å²) in [6, 6.07) is 9.30. The fourth-order valence-corrected chi connectivity index (χ4v) is 2.78. The minimum Gasteiger partial charge on any atom is -0.465 e. The van der Waals surface area contributed by atoms with Gasteiger partial charge < -0.3 is 9.64 Å². The Labute approximate surface area is 128 Å². The molecule has 0 saturated heterocycles. The SMILES string of the molecule is COC(=O)c1ccccc1-n1nc(C#N)c2c1CCN(C)C2. The van der Waals surface area contributed by atoms with Crippen LogP contribution in [0.1, 0.15) is 27.3 Å². The first-order valence-electron chi connectivity index (χ1n) is 7.03. The van der Waals surface area contributed by atoms with Gasteiger partial charge in [-0.2, -0.15) is 10.4 Å². The molecule has 1 aliphatic heterocycles. The van der Waals surface area contributed by atoms with Gasteiger partial charge in [-0.05, 0) is 19.2 Å². The van der Waals surface area contributed by atoms with Crippen LogP contribution in [0.5, 0.6) is 0 Å². The van der Waals surface area contributed by atoms with E-state index in [2.05, 4.69) is 16.1 Å². The van der Waals surface area contributed by atoms with Crippen molar-refractivity contribution < 1.29 is 9.53 Å². The number of para-hydroxylation sites is 1. The summed E-state index contributed by atoms with van der Waals surface area (Å²) >= 11 is 0. The second-order valence-corrected chi connectivity index (χ2v) is 5.29. The maximum absolute atomic E-state index is 12.0. The molecule has 1 aromatic carbocycles. The van der Waals surface area contributed by atoms with Crippen molar-refractivity contribution in [2.45, 2.75) is 13.0 Å². The van der Waals surface area contributed by atoms with Gasteiger partial charge in [0, 0.05) is 25.1 Å². The zero-order valence-electron chi connectivity index (χ0n) is 12.5. The fourth-order valence-electron chi connectivity index (χ4n) is 2.78. The van der Waals surface area contributed by atoms with E-state index in [1.807, 2.05) is 19.2 Å². The summed E-state index contributed by atoms with van der Waals surface area (Å²) in [5.41, 5.74) is 3.44. The number of nitrogens with zero attached hydrogens (tertiary/aromatic N) is 4. The predicted molar refractivity (Wildman–Crippen MR) is 79.7 cm³/mol. The summed E-state index contributed by atoms with van der Waals surface area (Å²) in [6.07, 6.45) is 0.788. The van der Waals surface area contributed by atoms with Crippen molar-refractivity contribution >= 4 is 5.97 Å². The molecule has 22 heavy (non-hydrogen) atoms. The van der Waals surface area contributed by atoms with Crippen LogP contribution in [-0.2, 0) is 17.7 Å². The lowest BCUT2D eigenvalue weighted by Crippen LogP contribution is -2.27. The summed E-state index contributed by atoms with van der Waals surface area (Å²) in [5.74, 6) is -0.411. The van der Waals surface area contributed by atoms with Gasteiger partial charge in [0.1, 0.15) is 6.07 Å². The number of carbonyl (C=O) groups is 1. The number of nitriles is 1. The highest BCUT2D eigenvalue weighted by molar-refractivity contribution is 5.93. The number of carbonyl (C=O) groups excluding carboxylic acids is 1. The Kier molecular flexibility index (Phi) is 3.65. The van der Waals surface area contributed by atoms with Crippen molar-refractivity contribution in [3.63, 3.8) is 0 Å². The highest BCUT2D eigenvalue weighted by Crippen LogP contribution is 2.26. The van der Waals surface area contributed by atoms with E-state index < -0.39 is 5.97 Å². The Bertz CT molecular complexity index is 773. The first kappa shape index (κ1) is 14.3. The maximum Gasteiger partial charge on any atom is 0.340 e. The van der Waals surface area contributed by atoms with Gasteiger partial charge in [-0.3, -0.25) is 0 Å². The lowest BCUT2D eigenvalue weighted by atomic mass is 10.1. The molecular formula is C16H16N4O2. The Morgan fingerprint density at radius 3 is 2.91 bits per heavy atom. The molecule has 0 bridgehead atoms. The van der Waals surface area contributed by atoms with Gasteiger partial charge >= 0.3 is 5.97 Å². The second kappa shape index (κ2) is 5.62. The molecule has 0 fully saturated rings. The third kappa shape index (κ3) is 2.26. The number of hydrogen-bond donors (Lipinski definition) is 0. The molecular weight excluding hydrogens is 280 g/mol. The molecule has 2 aromatic rings. The zero-order valence-corrected chi connectivity index (χ0v) is 12.5. The Morgan fingerprint density at radius 1 is 1.41 bits per heavy atom. The molecule has 0 amide bonds. The number of esters is 1. The van der Waals surface area contributed by atoms with Crippen molar-refractivity contribution in [3.05, 3.63) is 46.8 Å². The molecule has 0 atom stereocenters. The van der Waals surface area contributed by atoms with Gasteiger partial charge in [-0.15, -0.1) is 0 Å².